The summed E-state index contributed by atoms with van der Waals surface area (Å²) in [5.74, 6) is 0.478. The second kappa shape index (κ2) is 5.51. The maximum absolute atomic E-state index is 12.0. The number of non-ortho nitro benzene ring substituents is 1. The van der Waals surface area contributed by atoms with Crippen LogP contribution in [0.3, 0.4) is 0 Å². The Morgan fingerprint density at radius 1 is 1.35 bits per heavy atom. The molecule has 9 heteroatoms. The number of furan rings is 1. The van der Waals surface area contributed by atoms with E-state index in [0.29, 0.717) is 17.0 Å². The minimum absolute atomic E-state index is 0.0950. The molecule has 0 N–H and O–H groups in total. The van der Waals surface area contributed by atoms with E-state index in [-0.39, 0.29) is 12.1 Å². The number of hydrogen-bond donors (Lipinski definition) is 0. The van der Waals surface area contributed by atoms with Gasteiger partial charge in [0.15, 0.2) is 0 Å². The van der Waals surface area contributed by atoms with Crippen molar-refractivity contribution in [1.82, 2.24) is 4.41 Å². The number of hydrogen-bond acceptors (Lipinski definition) is 6. The van der Waals surface area contributed by atoms with E-state index >= 15 is 0 Å². The summed E-state index contributed by atoms with van der Waals surface area (Å²) in [6.45, 7) is 0. The Balaban J connectivity index is 2.02. The van der Waals surface area contributed by atoms with Crippen LogP contribution in [0.4, 0.5) is 5.69 Å². The van der Waals surface area contributed by atoms with E-state index in [0.717, 1.165) is 10.7 Å². The minimum Gasteiger partial charge on any atom is -0.463 e. The van der Waals surface area contributed by atoms with Gasteiger partial charge in [0, 0.05) is 18.6 Å². The van der Waals surface area contributed by atoms with E-state index in [2.05, 4.69) is 5.10 Å². The Hall–Kier alpha value is -2.68. The van der Waals surface area contributed by atoms with Crippen molar-refractivity contribution in [3.63, 3.8) is 0 Å². The van der Waals surface area contributed by atoms with Crippen LogP contribution < -0.4 is 0 Å². The third-order valence-corrected chi connectivity index (χ3v) is 4.50. The van der Waals surface area contributed by atoms with Crippen molar-refractivity contribution in [2.45, 2.75) is 12.5 Å². The van der Waals surface area contributed by atoms with Crippen molar-refractivity contribution < 1.29 is 17.8 Å². The first kappa shape index (κ1) is 15.2. The summed E-state index contributed by atoms with van der Waals surface area (Å²) in [4.78, 5) is 10.4. The first-order valence-corrected chi connectivity index (χ1v) is 8.56. The molecule has 3 rings (SSSR count). The highest BCUT2D eigenvalue weighted by Gasteiger charge is 2.35. The van der Waals surface area contributed by atoms with Crippen molar-refractivity contribution in [1.29, 1.82) is 0 Å². The molecular weight excluding hydrogens is 322 g/mol. The van der Waals surface area contributed by atoms with Crippen molar-refractivity contribution >= 4 is 21.4 Å². The normalized spacial score (nSPS) is 18.0. The second-order valence-corrected chi connectivity index (χ2v) is 6.97. The van der Waals surface area contributed by atoms with Gasteiger partial charge in [0.25, 0.3) is 5.69 Å². The summed E-state index contributed by atoms with van der Waals surface area (Å²) in [5, 5.41) is 15.1. The summed E-state index contributed by atoms with van der Waals surface area (Å²) in [5.41, 5.74) is 0.897. The Morgan fingerprint density at radius 3 is 2.74 bits per heavy atom. The van der Waals surface area contributed by atoms with Gasteiger partial charge in [-0.15, -0.1) is 0 Å². The van der Waals surface area contributed by atoms with E-state index in [1.54, 1.807) is 18.2 Å². The molecule has 0 saturated heterocycles. The molecule has 1 aromatic carbocycles. The van der Waals surface area contributed by atoms with E-state index in [1.807, 2.05) is 0 Å². The number of nitro benzene ring substituents is 1. The predicted molar refractivity (Wildman–Crippen MR) is 82.4 cm³/mol. The molecule has 2 aromatic rings. The SMILES string of the molecule is CS(=O)(=O)N1N=C(c2ccco2)C[C@@H]1c1cccc([N+](=O)[O-])c1. The zero-order valence-electron chi connectivity index (χ0n) is 12.1. The Morgan fingerprint density at radius 2 is 2.13 bits per heavy atom. The van der Waals surface area contributed by atoms with Gasteiger partial charge in [0.05, 0.1) is 23.5 Å². The van der Waals surface area contributed by atoms with Crippen LogP contribution in [0.15, 0.2) is 52.2 Å². The molecule has 2 heterocycles. The Kier molecular flexibility index (Phi) is 3.64. The first-order chi connectivity index (χ1) is 10.9. The van der Waals surface area contributed by atoms with Crippen LogP contribution in [0.2, 0.25) is 0 Å². The predicted octanol–water partition coefficient (Wildman–Crippen LogP) is 2.30. The van der Waals surface area contributed by atoms with Crippen molar-refractivity contribution in [2.24, 2.45) is 5.10 Å². The third-order valence-electron chi connectivity index (χ3n) is 3.48. The Bertz CT molecular complexity index is 874. The molecule has 0 saturated carbocycles. The highest BCUT2D eigenvalue weighted by molar-refractivity contribution is 7.88. The number of hydrazone groups is 1. The van der Waals surface area contributed by atoms with Crippen LogP contribution in [0.1, 0.15) is 23.8 Å². The van der Waals surface area contributed by atoms with Gasteiger partial charge in [-0.3, -0.25) is 10.1 Å². The fraction of sp³-hybridized carbons (Fsp3) is 0.214. The lowest BCUT2D eigenvalue weighted by Gasteiger charge is -2.21. The molecule has 0 aliphatic carbocycles. The molecule has 23 heavy (non-hydrogen) atoms. The number of sulfonamides is 1. The lowest BCUT2D eigenvalue weighted by molar-refractivity contribution is -0.384. The number of benzene rings is 1. The van der Waals surface area contributed by atoms with Crippen molar-refractivity contribution in [3.8, 4) is 0 Å². The summed E-state index contributed by atoms with van der Waals surface area (Å²) < 4.78 is 30.3. The summed E-state index contributed by atoms with van der Waals surface area (Å²) in [6.07, 6.45) is 2.80. The molecule has 120 valence electrons. The molecule has 0 spiro atoms. The minimum atomic E-state index is -3.62. The van der Waals surface area contributed by atoms with Gasteiger partial charge >= 0.3 is 0 Å². The topological polar surface area (TPSA) is 106 Å². The zero-order valence-corrected chi connectivity index (χ0v) is 12.9. The van der Waals surface area contributed by atoms with Crippen molar-refractivity contribution in [2.75, 3.05) is 6.26 Å². The molecule has 8 nitrogen and oxygen atoms in total. The standard InChI is InChI=1S/C14H13N3O5S/c1-23(20,21)16-13(9-12(15-16)14-6-3-7-22-14)10-4-2-5-11(8-10)17(18)19/h2-8,13H,9H2,1H3/t13-/m1/s1. The monoisotopic (exact) mass is 335 g/mol. The molecule has 1 atom stereocenters. The van der Waals surface area contributed by atoms with Gasteiger partial charge in [-0.05, 0) is 17.7 Å². The van der Waals surface area contributed by atoms with E-state index in [9.17, 15) is 18.5 Å². The molecular formula is C14H13N3O5S. The fourth-order valence-electron chi connectivity index (χ4n) is 2.48. The zero-order chi connectivity index (χ0) is 16.6. The first-order valence-electron chi connectivity index (χ1n) is 6.71. The van der Waals surface area contributed by atoms with Crippen LogP contribution >= 0.6 is 0 Å². The molecule has 0 fully saturated rings. The van der Waals surface area contributed by atoms with Crippen LogP contribution in [0, 0.1) is 10.1 Å². The molecule has 1 aliphatic rings. The number of nitro groups is 1. The largest absolute Gasteiger partial charge is 0.463 e. The van der Waals surface area contributed by atoms with Gasteiger partial charge < -0.3 is 4.42 Å². The quantitative estimate of drug-likeness (QED) is 0.629. The van der Waals surface area contributed by atoms with Crippen LogP contribution in [0.25, 0.3) is 0 Å². The van der Waals surface area contributed by atoms with E-state index < -0.39 is 21.0 Å². The van der Waals surface area contributed by atoms with E-state index in [4.69, 9.17) is 4.42 Å². The molecule has 1 aliphatic heterocycles. The van der Waals surface area contributed by atoms with Gasteiger partial charge in [0.1, 0.15) is 11.5 Å². The molecule has 0 unspecified atom stereocenters. The average Bonchev–Trinajstić information content (AvgIpc) is 3.15. The van der Waals surface area contributed by atoms with Crippen LogP contribution in [-0.4, -0.2) is 29.7 Å². The van der Waals surface area contributed by atoms with Gasteiger partial charge in [-0.25, -0.2) is 8.42 Å². The van der Waals surface area contributed by atoms with Crippen LogP contribution in [0.5, 0.6) is 0 Å². The average molecular weight is 335 g/mol. The highest BCUT2D eigenvalue weighted by Crippen LogP contribution is 2.35. The number of nitrogens with zero attached hydrogens (tertiary/aromatic N) is 3. The summed E-state index contributed by atoms with van der Waals surface area (Å²) >= 11 is 0. The molecule has 0 amide bonds. The number of rotatable bonds is 4. The second-order valence-electron chi connectivity index (χ2n) is 5.13. The smallest absolute Gasteiger partial charge is 0.269 e. The molecule has 0 bridgehead atoms. The van der Waals surface area contributed by atoms with Gasteiger partial charge in [-0.1, -0.05) is 12.1 Å². The van der Waals surface area contributed by atoms with Crippen LogP contribution in [-0.2, 0) is 10.0 Å². The third kappa shape index (κ3) is 2.95. The van der Waals surface area contributed by atoms with Gasteiger partial charge in [-0.2, -0.15) is 9.52 Å². The lowest BCUT2D eigenvalue weighted by Crippen LogP contribution is -2.25. The summed E-state index contributed by atoms with van der Waals surface area (Å²) in [6, 6.07) is 8.64. The fourth-order valence-corrected chi connectivity index (χ4v) is 3.39. The lowest BCUT2D eigenvalue weighted by atomic mass is 10.0. The Labute approximate surface area is 132 Å². The maximum atomic E-state index is 12.0. The maximum Gasteiger partial charge on any atom is 0.269 e. The van der Waals surface area contributed by atoms with Crippen molar-refractivity contribution in [3.05, 3.63) is 64.1 Å². The van der Waals surface area contributed by atoms with E-state index in [1.165, 1.54) is 24.5 Å². The summed E-state index contributed by atoms with van der Waals surface area (Å²) in [7, 11) is -3.62. The highest BCUT2D eigenvalue weighted by atomic mass is 32.2. The molecule has 0 radical (unpaired) electrons. The van der Waals surface area contributed by atoms with Gasteiger partial charge in [0.2, 0.25) is 10.0 Å². The molecule has 1 aromatic heterocycles.